The molecule has 1 amide bonds. The quantitative estimate of drug-likeness (QED) is 0.714. The van der Waals surface area contributed by atoms with E-state index >= 15 is 0 Å². The summed E-state index contributed by atoms with van der Waals surface area (Å²) < 4.78 is 1.66. The van der Waals surface area contributed by atoms with Crippen LogP contribution < -0.4 is 10.6 Å². The van der Waals surface area contributed by atoms with E-state index in [1.54, 1.807) is 11.0 Å². The molecule has 2 N–H and O–H groups in total. The largest absolute Gasteiger partial charge is 0.352 e. The molecule has 0 spiro atoms. The molecule has 1 aromatic rings. The van der Waals surface area contributed by atoms with Crippen molar-refractivity contribution in [3.63, 3.8) is 0 Å². The molecule has 1 fully saturated rings. The molecule has 2 atom stereocenters. The zero-order valence-electron chi connectivity index (χ0n) is 9.39. The van der Waals surface area contributed by atoms with Crippen LogP contribution in [0.2, 0.25) is 0 Å². The molecule has 1 aliphatic rings. The van der Waals surface area contributed by atoms with Gasteiger partial charge in [-0.1, -0.05) is 6.92 Å². The Labute approximate surface area is 94.4 Å². The normalized spacial score (nSPS) is 24.6. The summed E-state index contributed by atoms with van der Waals surface area (Å²) in [5, 5.41) is 10.2. The third kappa shape index (κ3) is 2.79. The van der Waals surface area contributed by atoms with Crippen molar-refractivity contribution in [2.75, 3.05) is 13.1 Å². The highest BCUT2D eigenvalue weighted by Crippen LogP contribution is 2.07. The molecule has 1 aromatic heterocycles. The van der Waals surface area contributed by atoms with Crippen molar-refractivity contribution in [3.8, 4) is 0 Å². The van der Waals surface area contributed by atoms with Gasteiger partial charge in [0, 0.05) is 19.0 Å². The summed E-state index contributed by atoms with van der Waals surface area (Å²) in [6.45, 7) is 4.58. The zero-order valence-corrected chi connectivity index (χ0v) is 9.39. The minimum Gasteiger partial charge on any atom is -0.352 e. The fraction of sp³-hybridized carbons (Fsp3) is 0.700. The first-order chi connectivity index (χ1) is 7.75. The molecule has 0 bridgehead atoms. The molecule has 1 saturated heterocycles. The van der Waals surface area contributed by atoms with Crippen molar-refractivity contribution in [2.45, 2.75) is 25.9 Å². The second kappa shape index (κ2) is 5.07. The smallest absolute Gasteiger partial charge is 0.222 e. The highest BCUT2D eigenvalue weighted by molar-refractivity contribution is 5.76. The predicted octanol–water partition coefficient (Wildman–Crippen LogP) is -0.608. The topological polar surface area (TPSA) is 71.8 Å². The monoisotopic (exact) mass is 223 g/mol. The Hall–Kier alpha value is -1.43. The van der Waals surface area contributed by atoms with Crippen molar-refractivity contribution in [1.82, 2.24) is 25.4 Å². The van der Waals surface area contributed by atoms with Gasteiger partial charge in [0.1, 0.15) is 12.7 Å². The SMILES string of the molecule is CC1CNCC1NC(=O)CCn1cncn1. The zero-order chi connectivity index (χ0) is 11.4. The van der Waals surface area contributed by atoms with E-state index in [4.69, 9.17) is 0 Å². The van der Waals surface area contributed by atoms with Gasteiger partial charge < -0.3 is 10.6 Å². The molecule has 2 heterocycles. The van der Waals surface area contributed by atoms with Gasteiger partial charge in [-0.15, -0.1) is 0 Å². The van der Waals surface area contributed by atoms with Crippen LogP contribution in [0.4, 0.5) is 0 Å². The van der Waals surface area contributed by atoms with Crippen LogP contribution in [0.15, 0.2) is 12.7 Å². The lowest BCUT2D eigenvalue weighted by Gasteiger charge is -2.15. The summed E-state index contributed by atoms with van der Waals surface area (Å²) in [6.07, 6.45) is 3.54. The van der Waals surface area contributed by atoms with Gasteiger partial charge in [0.05, 0.1) is 6.54 Å². The average Bonchev–Trinajstić information content (AvgIpc) is 2.88. The Balaban J connectivity index is 1.72. The lowest BCUT2D eigenvalue weighted by molar-refractivity contribution is -0.122. The molecule has 2 rings (SSSR count). The highest BCUT2D eigenvalue weighted by atomic mass is 16.1. The Kier molecular flexibility index (Phi) is 3.51. The third-order valence-corrected chi connectivity index (χ3v) is 2.90. The molecule has 6 heteroatoms. The Morgan fingerprint density at radius 2 is 2.50 bits per heavy atom. The van der Waals surface area contributed by atoms with Gasteiger partial charge in [-0.2, -0.15) is 5.10 Å². The Morgan fingerprint density at radius 3 is 3.12 bits per heavy atom. The van der Waals surface area contributed by atoms with Gasteiger partial charge in [0.15, 0.2) is 0 Å². The van der Waals surface area contributed by atoms with Crippen LogP contribution in [0.25, 0.3) is 0 Å². The van der Waals surface area contributed by atoms with Crippen LogP contribution in [-0.2, 0) is 11.3 Å². The fourth-order valence-electron chi connectivity index (χ4n) is 1.85. The van der Waals surface area contributed by atoms with Gasteiger partial charge in [0.25, 0.3) is 0 Å². The molecule has 88 valence electrons. The molecule has 16 heavy (non-hydrogen) atoms. The Bertz CT molecular complexity index is 337. The Morgan fingerprint density at radius 1 is 1.62 bits per heavy atom. The number of amides is 1. The van der Waals surface area contributed by atoms with E-state index in [0.717, 1.165) is 13.1 Å². The fourth-order valence-corrected chi connectivity index (χ4v) is 1.85. The van der Waals surface area contributed by atoms with Gasteiger partial charge in [-0.05, 0) is 12.5 Å². The third-order valence-electron chi connectivity index (χ3n) is 2.90. The van der Waals surface area contributed by atoms with Crippen molar-refractivity contribution in [1.29, 1.82) is 0 Å². The van der Waals surface area contributed by atoms with E-state index in [1.165, 1.54) is 6.33 Å². The first kappa shape index (κ1) is 11.1. The molecule has 0 radical (unpaired) electrons. The van der Waals surface area contributed by atoms with Gasteiger partial charge >= 0.3 is 0 Å². The summed E-state index contributed by atoms with van der Waals surface area (Å²) in [6, 6.07) is 0.267. The van der Waals surface area contributed by atoms with Crippen molar-refractivity contribution >= 4 is 5.91 Å². The predicted molar refractivity (Wildman–Crippen MR) is 58.6 cm³/mol. The minimum atomic E-state index is 0.0797. The van der Waals surface area contributed by atoms with Gasteiger partial charge in [-0.25, -0.2) is 4.98 Å². The van der Waals surface area contributed by atoms with Crippen LogP contribution in [0.1, 0.15) is 13.3 Å². The first-order valence-corrected chi connectivity index (χ1v) is 5.58. The summed E-state index contributed by atoms with van der Waals surface area (Å²) in [5.74, 6) is 0.589. The van der Waals surface area contributed by atoms with E-state index in [0.29, 0.717) is 18.9 Å². The molecule has 6 nitrogen and oxygen atoms in total. The lowest BCUT2D eigenvalue weighted by atomic mass is 10.1. The van der Waals surface area contributed by atoms with Gasteiger partial charge in [-0.3, -0.25) is 9.48 Å². The number of carbonyl (C=O) groups excluding carboxylic acids is 1. The summed E-state index contributed by atoms with van der Waals surface area (Å²) >= 11 is 0. The standard InChI is InChI=1S/C10H17N5O/c1-8-4-11-5-9(8)14-10(16)2-3-15-7-12-6-13-15/h6-9,11H,2-5H2,1H3,(H,14,16). The van der Waals surface area contributed by atoms with E-state index < -0.39 is 0 Å². The van der Waals surface area contributed by atoms with Crippen LogP contribution in [0.5, 0.6) is 0 Å². The molecule has 1 aliphatic heterocycles. The van der Waals surface area contributed by atoms with Gasteiger partial charge in [0.2, 0.25) is 5.91 Å². The number of rotatable bonds is 4. The van der Waals surface area contributed by atoms with E-state index in [1.807, 2.05) is 0 Å². The van der Waals surface area contributed by atoms with Crippen LogP contribution >= 0.6 is 0 Å². The number of carbonyl (C=O) groups is 1. The average molecular weight is 223 g/mol. The highest BCUT2D eigenvalue weighted by Gasteiger charge is 2.24. The summed E-state index contributed by atoms with van der Waals surface area (Å²) in [5.41, 5.74) is 0. The van der Waals surface area contributed by atoms with Crippen molar-refractivity contribution in [2.24, 2.45) is 5.92 Å². The van der Waals surface area contributed by atoms with Crippen molar-refractivity contribution < 1.29 is 4.79 Å². The minimum absolute atomic E-state index is 0.0797. The molecule has 0 saturated carbocycles. The molecular weight excluding hydrogens is 206 g/mol. The number of aryl methyl sites for hydroxylation is 1. The second-order valence-corrected chi connectivity index (χ2v) is 4.22. The van der Waals surface area contributed by atoms with Crippen molar-refractivity contribution in [3.05, 3.63) is 12.7 Å². The lowest BCUT2D eigenvalue weighted by Crippen LogP contribution is -2.39. The van der Waals surface area contributed by atoms with E-state index in [-0.39, 0.29) is 11.9 Å². The number of hydrogen-bond donors (Lipinski definition) is 2. The molecular formula is C10H17N5O. The van der Waals surface area contributed by atoms with Crippen LogP contribution in [-0.4, -0.2) is 39.8 Å². The first-order valence-electron chi connectivity index (χ1n) is 5.58. The molecule has 0 aliphatic carbocycles. The van der Waals surface area contributed by atoms with E-state index in [9.17, 15) is 4.79 Å². The van der Waals surface area contributed by atoms with E-state index in [2.05, 4.69) is 27.6 Å². The maximum Gasteiger partial charge on any atom is 0.222 e. The second-order valence-electron chi connectivity index (χ2n) is 4.22. The maximum atomic E-state index is 11.6. The van der Waals surface area contributed by atoms with Crippen LogP contribution in [0.3, 0.4) is 0 Å². The number of hydrogen-bond acceptors (Lipinski definition) is 4. The number of aromatic nitrogens is 3. The van der Waals surface area contributed by atoms with Crippen LogP contribution in [0, 0.1) is 5.92 Å². The summed E-state index contributed by atoms with van der Waals surface area (Å²) in [7, 11) is 0. The summed E-state index contributed by atoms with van der Waals surface area (Å²) in [4.78, 5) is 15.5. The number of nitrogens with zero attached hydrogens (tertiary/aromatic N) is 3. The maximum absolute atomic E-state index is 11.6. The molecule has 2 unspecified atom stereocenters. The number of nitrogens with one attached hydrogen (secondary N) is 2. The molecule has 0 aromatic carbocycles.